The van der Waals surface area contributed by atoms with Crippen molar-refractivity contribution in [2.75, 3.05) is 0 Å². The molecule has 6 aromatic heterocycles. The maximum atomic E-state index is 6.01. The molecule has 6 heterocycles. The average molecular weight is 1100 g/mol. The summed E-state index contributed by atoms with van der Waals surface area (Å²) in [6, 6.07) is 93.1. The molecule has 0 saturated heterocycles. The van der Waals surface area contributed by atoms with Gasteiger partial charge in [-0.15, -0.1) is 0 Å². The van der Waals surface area contributed by atoms with Crippen LogP contribution in [-0.4, -0.2) is 33.2 Å². The Morgan fingerprint density at radius 3 is 0.953 bits per heavy atom. The van der Waals surface area contributed by atoms with Crippen molar-refractivity contribution in [3.05, 3.63) is 283 Å². The zero-order valence-corrected chi connectivity index (χ0v) is 48.0. The van der Waals surface area contributed by atoms with Crippen LogP contribution in [0.25, 0.3) is 155 Å². The fraction of sp³-hybridized carbons (Fsp3) is 0.0506. The third-order valence-electron chi connectivity index (χ3n) is 17.6. The van der Waals surface area contributed by atoms with Gasteiger partial charge in [-0.2, -0.15) is 0 Å². The van der Waals surface area contributed by atoms with E-state index < -0.39 is 0 Å². The number of aryl methyl sites for hydroxylation is 4. The van der Waals surface area contributed by atoms with Gasteiger partial charge in [0.15, 0.2) is 5.82 Å². The van der Waals surface area contributed by atoms with E-state index in [1.165, 1.54) is 22.3 Å². The second-order valence-corrected chi connectivity index (χ2v) is 23.0. The fourth-order valence-corrected chi connectivity index (χ4v) is 13.9. The lowest BCUT2D eigenvalue weighted by Crippen LogP contribution is -2.17. The topological polar surface area (TPSA) is 58.4 Å². The quantitative estimate of drug-likeness (QED) is 0.152. The van der Waals surface area contributed by atoms with Crippen molar-refractivity contribution in [3.8, 4) is 67.9 Å². The summed E-state index contributed by atoms with van der Waals surface area (Å²) in [4.78, 5) is 17.6. The van der Waals surface area contributed by atoms with Gasteiger partial charge in [-0.3, -0.25) is 4.98 Å². The predicted molar refractivity (Wildman–Crippen MR) is 358 cm³/mol. The smallest absolute Gasteiger partial charge is 0.164 e. The van der Waals surface area contributed by atoms with Crippen LogP contribution in [0, 0.1) is 27.7 Å². The zero-order chi connectivity index (χ0) is 57.3. The molecule has 86 heavy (non-hydrogen) atoms. The number of benzene rings is 11. The number of hydrogen-bond acceptors (Lipinski definition) is 3. The van der Waals surface area contributed by atoms with Crippen molar-refractivity contribution < 1.29 is 0 Å². The van der Waals surface area contributed by atoms with Crippen LogP contribution < -0.4 is 0 Å². The highest BCUT2D eigenvalue weighted by molar-refractivity contribution is 6.18. The first kappa shape index (κ1) is 49.5. The van der Waals surface area contributed by atoms with E-state index in [0.29, 0.717) is 5.82 Å². The van der Waals surface area contributed by atoms with E-state index in [1.54, 1.807) is 0 Å². The maximum Gasteiger partial charge on any atom is 0.164 e. The van der Waals surface area contributed by atoms with Crippen LogP contribution >= 0.6 is 0 Å². The average Bonchev–Trinajstić information content (AvgIpc) is 1.67. The Labute approximate surface area is 496 Å². The molecular formula is C79H55N7. The van der Waals surface area contributed by atoms with Crippen molar-refractivity contribution in [1.82, 2.24) is 33.2 Å². The third kappa shape index (κ3) is 7.44. The lowest BCUT2D eigenvalue weighted by molar-refractivity contribution is 1.03. The molecule has 7 nitrogen and oxygen atoms in total. The molecule has 7 heteroatoms. The fourth-order valence-electron chi connectivity index (χ4n) is 13.9. The Bertz CT molecular complexity index is 5570. The molecule has 0 amide bonds. The summed E-state index contributed by atoms with van der Waals surface area (Å²) in [5.41, 5.74) is 23.0. The molecule has 0 radical (unpaired) electrons. The third-order valence-corrected chi connectivity index (χ3v) is 17.6. The molecule has 0 aliphatic carbocycles. The molecule has 0 N–H and O–H groups in total. The molecular weight excluding hydrogens is 1050 g/mol. The van der Waals surface area contributed by atoms with Gasteiger partial charge in [-0.1, -0.05) is 186 Å². The first-order valence-corrected chi connectivity index (χ1v) is 29.5. The van der Waals surface area contributed by atoms with E-state index in [4.69, 9.17) is 15.0 Å². The minimum atomic E-state index is 0.561. The van der Waals surface area contributed by atoms with E-state index >= 15 is 0 Å². The van der Waals surface area contributed by atoms with E-state index in [-0.39, 0.29) is 0 Å². The van der Waals surface area contributed by atoms with Gasteiger partial charge in [0.1, 0.15) is 0 Å². The van der Waals surface area contributed by atoms with Crippen LogP contribution in [0.2, 0.25) is 0 Å². The number of hydrogen-bond donors (Lipinski definition) is 0. The van der Waals surface area contributed by atoms with Crippen molar-refractivity contribution in [2.24, 2.45) is 0 Å². The largest absolute Gasteiger partial charge is 0.308 e. The van der Waals surface area contributed by atoms with Crippen molar-refractivity contribution in [3.63, 3.8) is 0 Å². The molecule has 0 saturated carbocycles. The standard InChI is InChI=1S/C79H55N7/c1-48-34-38-69-58(43-48)54-25-11-15-30-65(54)83(69)75-73(62-29-19-20-42-80-62)76(84-66-31-16-12-26-55(66)59-44-49(2)35-39-70(59)84)78(86-68-33-18-14-28-57(68)61-46-51(4)37-41-72(61)86)77(85-67-32-17-13-27-56(67)60-45-50(3)36-40-71(60)85)74(75)79-81-63(52-21-7-5-8-22-52)47-64(82-79)53-23-9-6-10-24-53/h5-47H,1-4H3. The highest BCUT2D eigenvalue weighted by atomic mass is 15.1. The first-order valence-electron chi connectivity index (χ1n) is 29.5. The van der Waals surface area contributed by atoms with E-state index in [1.807, 2.05) is 12.3 Å². The summed E-state index contributed by atoms with van der Waals surface area (Å²) >= 11 is 0. The Morgan fingerprint density at radius 1 is 0.244 bits per heavy atom. The molecule has 0 bridgehead atoms. The Morgan fingerprint density at radius 2 is 0.570 bits per heavy atom. The van der Waals surface area contributed by atoms with Crippen LogP contribution in [0.3, 0.4) is 0 Å². The van der Waals surface area contributed by atoms with Gasteiger partial charge in [-0.05, 0) is 119 Å². The lowest BCUT2D eigenvalue weighted by atomic mass is 9.94. The van der Waals surface area contributed by atoms with Crippen LogP contribution in [0.5, 0.6) is 0 Å². The monoisotopic (exact) mass is 1100 g/mol. The summed E-state index contributed by atoms with van der Waals surface area (Å²) < 4.78 is 10.2. The number of pyridine rings is 1. The molecule has 17 rings (SSSR count). The zero-order valence-electron chi connectivity index (χ0n) is 48.0. The number of para-hydroxylation sites is 4. The maximum absolute atomic E-state index is 6.01. The first-order chi connectivity index (χ1) is 42.3. The summed E-state index contributed by atoms with van der Waals surface area (Å²) in [6.07, 6.45) is 1.94. The molecule has 406 valence electrons. The van der Waals surface area contributed by atoms with Gasteiger partial charge < -0.3 is 18.3 Å². The highest BCUT2D eigenvalue weighted by Gasteiger charge is 2.37. The van der Waals surface area contributed by atoms with Crippen LogP contribution in [-0.2, 0) is 0 Å². The predicted octanol–water partition coefficient (Wildman–Crippen LogP) is 20.2. The summed E-state index contributed by atoms with van der Waals surface area (Å²) in [6.45, 7) is 8.78. The second kappa shape index (κ2) is 19.2. The molecule has 0 aliphatic heterocycles. The van der Waals surface area contributed by atoms with Gasteiger partial charge in [-0.25, -0.2) is 9.97 Å². The van der Waals surface area contributed by atoms with Gasteiger partial charge in [0, 0.05) is 60.4 Å². The SMILES string of the molecule is Cc1ccc2c(c1)c1ccccc1n2-c1c(-c2ccccn2)c(-n2c3ccccc3c3cc(C)ccc32)c(-n2c3ccccc3c3cc(C)ccc32)c(-n2c3ccccc3c3cc(C)ccc32)c1-c1nc(-c2ccccc2)cc(-c2ccccc2)n1. The van der Waals surface area contributed by atoms with Gasteiger partial charge in [0.25, 0.3) is 0 Å². The number of aromatic nitrogens is 7. The molecule has 11 aromatic carbocycles. The van der Waals surface area contributed by atoms with Gasteiger partial charge >= 0.3 is 0 Å². The summed E-state index contributed by atoms with van der Waals surface area (Å²) in [5.74, 6) is 0.561. The molecule has 0 aliphatic rings. The van der Waals surface area contributed by atoms with E-state index in [2.05, 4.69) is 295 Å². The highest BCUT2D eigenvalue weighted by Crippen LogP contribution is 2.54. The molecule has 17 aromatic rings. The molecule has 0 spiro atoms. The van der Waals surface area contributed by atoms with Gasteiger partial charge in [0.05, 0.1) is 95.1 Å². The second-order valence-electron chi connectivity index (χ2n) is 23.0. The summed E-state index contributed by atoms with van der Waals surface area (Å²) in [5, 5.41) is 9.19. The number of rotatable bonds is 8. The van der Waals surface area contributed by atoms with E-state index in [9.17, 15) is 0 Å². The van der Waals surface area contributed by atoms with Crippen molar-refractivity contribution in [2.45, 2.75) is 27.7 Å². The molecule has 0 unspecified atom stereocenters. The Balaban J connectivity index is 1.26. The number of fused-ring (bicyclic) bond motifs is 12. The summed E-state index contributed by atoms with van der Waals surface area (Å²) in [7, 11) is 0. The Kier molecular flexibility index (Phi) is 11.0. The number of nitrogens with zero attached hydrogens (tertiary/aromatic N) is 7. The molecule has 0 atom stereocenters. The van der Waals surface area contributed by atoms with Crippen molar-refractivity contribution >= 4 is 87.2 Å². The normalized spacial score (nSPS) is 12.0. The van der Waals surface area contributed by atoms with Gasteiger partial charge in [0.2, 0.25) is 0 Å². The van der Waals surface area contributed by atoms with Crippen LogP contribution in [0.1, 0.15) is 22.3 Å². The lowest BCUT2D eigenvalue weighted by Gasteiger charge is -2.30. The molecule has 0 fully saturated rings. The van der Waals surface area contributed by atoms with Crippen LogP contribution in [0.4, 0.5) is 0 Å². The Hall–Kier alpha value is -11.2. The van der Waals surface area contributed by atoms with E-state index in [0.717, 1.165) is 149 Å². The minimum Gasteiger partial charge on any atom is -0.308 e. The van der Waals surface area contributed by atoms with Crippen molar-refractivity contribution in [1.29, 1.82) is 0 Å². The van der Waals surface area contributed by atoms with Crippen LogP contribution in [0.15, 0.2) is 261 Å². The minimum absolute atomic E-state index is 0.561.